The molecule has 2 aromatic carbocycles. The van der Waals surface area contributed by atoms with Gasteiger partial charge in [-0.25, -0.2) is 4.99 Å². The van der Waals surface area contributed by atoms with Crippen molar-refractivity contribution in [3.05, 3.63) is 84.2 Å². The molecule has 0 unspecified atom stereocenters. The van der Waals surface area contributed by atoms with E-state index in [-0.39, 0.29) is 12.6 Å². The Balaban J connectivity index is 1.63. The first-order chi connectivity index (χ1) is 14.2. The molecule has 29 heavy (non-hydrogen) atoms. The molecule has 0 aliphatic heterocycles. The van der Waals surface area contributed by atoms with Crippen molar-refractivity contribution in [3.63, 3.8) is 0 Å². The number of nitrogens with two attached hydrogens (primary N) is 2. The van der Waals surface area contributed by atoms with E-state index in [1.54, 1.807) is 36.7 Å². The number of anilines is 3. The number of nitrogens with zero attached hydrogens (tertiary/aromatic N) is 2. The van der Waals surface area contributed by atoms with E-state index in [0.717, 1.165) is 11.3 Å². The molecule has 0 spiro atoms. The van der Waals surface area contributed by atoms with Crippen molar-refractivity contribution in [3.8, 4) is 0 Å². The van der Waals surface area contributed by atoms with Crippen LogP contribution in [0.25, 0.3) is 0 Å². The van der Waals surface area contributed by atoms with Crippen molar-refractivity contribution >= 4 is 28.9 Å². The van der Waals surface area contributed by atoms with Crippen LogP contribution in [0.5, 0.6) is 0 Å². The van der Waals surface area contributed by atoms with Crippen LogP contribution in [0.1, 0.15) is 15.9 Å². The number of rotatable bonds is 6. The van der Waals surface area contributed by atoms with E-state index in [9.17, 15) is 4.79 Å². The fourth-order valence-corrected chi connectivity index (χ4v) is 2.55. The van der Waals surface area contributed by atoms with Gasteiger partial charge >= 0.3 is 0 Å². The first-order valence-electron chi connectivity index (χ1n) is 9.06. The minimum Gasteiger partial charge on any atom is -0.397 e. The third kappa shape index (κ3) is 5.78. The van der Waals surface area contributed by atoms with Crippen molar-refractivity contribution < 1.29 is 4.79 Å². The van der Waals surface area contributed by atoms with Crippen LogP contribution < -0.4 is 27.4 Å². The van der Waals surface area contributed by atoms with Gasteiger partial charge in [0.1, 0.15) is 0 Å². The van der Waals surface area contributed by atoms with E-state index >= 15 is 0 Å². The zero-order valence-corrected chi connectivity index (χ0v) is 15.8. The molecule has 1 aromatic heterocycles. The van der Waals surface area contributed by atoms with Crippen molar-refractivity contribution in [2.75, 3.05) is 23.0 Å². The van der Waals surface area contributed by atoms with Gasteiger partial charge in [0.15, 0.2) is 5.96 Å². The summed E-state index contributed by atoms with van der Waals surface area (Å²) in [5.41, 5.74) is 14.9. The van der Waals surface area contributed by atoms with Gasteiger partial charge in [0.05, 0.1) is 24.6 Å². The SMILES string of the molecule is NCNC(=NCc1ccc(C(=O)Nc2ccccc2N)cc1)Nc1ccncc1. The van der Waals surface area contributed by atoms with Crippen LogP contribution in [0.4, 0.5) is 17.1 Å². The summed E-state index contributed by atoms with van der Waals surface area (Å²) in [5.74, 6) is 0.336. The summed E-state index contributed by atoms with van der Waals surface area (Å²) in [6.07, 6.45) is 3.38. The lowest BCUT2D eigenvalue weighted by Gasteiger charge is -2.11. The van der Waals surface area contributed by atoms with Crippen molar-refractivity contribution in [1.29, 1.82) is 0 Å². The number of guanidine groups is 1. The minimum absolute atomic E-state index is 0.220. The third-order valence-electron chi connectivity index (χ3n) is 4.06. The third-order valence-corrected chi connectivity index (χ3v) is 4.06. The highest BCUT2D eigenvalue weighted by atomic mass is 16.1. The fourth-order valence-electron chi connectivity index (χ4n) is 2.55. The number of nitrogen functional groups attached to an aromatic ring is 1. The van der Waals surface area contributed by atoms with Crippen molar-refractivity contribution in [2.24, 2.45) is 10.7 Å². The summed E-state index contributed by atoms with van der Waals surface area (Å²) in [4.78, 5) is 20.9. The number of hydrogen-bond donors (Lipinski definition) is 5. The Kier molecular flexibility index (Phi) is 6.75. The summed E-state index contributed by atoms with van der Waals surface area (Å²) < 4.78 is 0. The van der Waals surface area contributed by atoms with Gasteiger partial charge in [-0.1, -0.05) is 24.3 Å². The number of amides is 1. The lowest BCUT2D eigenvalue weighted by molar-refractivity contribution is 0.102. The molecule has 8 nitrogen and oxygen atoms in total. The number of pyridine rings is 1. The molecule has 3 rings (SSSR count). The summed E-state index contributed by atoms with van der Waals surface area (Å²) in [6, 6.07) is 18.0. The minimum atomic E-state index is -0.220. The van der Waals surface area contributed by atoms with Gasteiger partial charge in [-0.3, -0.25) is 9.78 Å². The van der Waals surface area contributed by atoms with E-state index in [1.807, 2.05) is 36.4 Å². The van der Waals surface area contributed by atoms with Crippen LogP contribution in [0, 0.1) is 0 Å². The number of aliphatic imine (C=N–C) groups is 1. The molecule has 1 amide bonds. The Morgan fingerprint density at radius 2 is 1.69 bits per heavy atom. The van der Waals surface area contributed by atoms with Crippen LogP contribution in [0.2, 0.25) is 0 Å². The Morgan fingerprint density at radius 3 is 2.38 bits per heavy atom. The zero-order chi connectivity index (χ0) is 20.5. The summed E-state index contributed by atoms with van der Waals surface area (Å²) >= 11 is 0. The van der Waals surface area contributed by atoms with E-state index in [4.69, 9.17) is 11.5 Å². The molecule has 0 saturated carbocycles. The molecule has 3 aromatic rings. The molecular weight excluding hydrogens is 366 g/mol. The normalized spacial score (nSPS) is 11.0. The van der Waals surface area contributed by atoms with Gasteiger partial charge in [0, 0.05) is 23.6 Å². The molecule has 0 atom stereocenters. The molecule has 0 fully saturated rings. The van der Waals surface area contributed by atoms with Crippen LogP contribution >= 0.6 is 0 Å². The Morgan fingerprint density at radius 1 is 0.966 bits per heavy atom. The summed E-state index contributed by atoms with van der Waals surface area (Å²) in [7, 11) is 0. The number of carbonyl (C=O) groups is 1. The number of hydrogen-bond acceptors (Lipinski definition) is 5. The van der Waals surface area contributed by atoms with Gasteiger partial charge in [0.2, 0.25) is 0 Å². The molecule has 0 radical (unpaired) electrons. The quantitative estimate of drug-likeness (QED) is 0.190. The Bertz CT molecular complexity index is 972. The number of benzene rings is 2. The number of aromatic nitrogens is 1. The largest absolute Gasteiger partial charge is 0.397 e. The molecule has 0 aliphatic rings. The monoisotopic (exact) mass is 389 g/mol. The highest BCUT2D eigenvalue weighted by molar-refractivity contribution is 6.05. The van der Waals surface area contributed by atoms with Crippen LogP contribution in [0.15, 0.2) is 78.0 Å². The second-order valence-electron chi connectivity index (χ2n) is 6.14. The average Bonchev–Trinajstić information content (AvgIpc) is 2.75. The fraction of sp³-hybridized carbons (Fsp3) is 0.0952. The van der Waals surface area contributed by atoms with Crippen LogP contribution in [-0.4, -0.2) is 23.5 Å². The summed E-state index contributed by atoms with van der Waals surface area (Å²) in [6.45, 7) is 0.673. The van der Waals surface area contributed by atoms with Gasteiger partial charge in [-0.2, -0.15) is 0 Å². The molecule has 0 saturated heterocycles. The highest BCUT2D eigenvalue weighted by Gasteiger charge is 2.08. The second kappa shape index (κ2) is 9.86. The second-order valence-corrected chi connectivity index (χ2v) is 6.14. The first-order valence-corrected chi connectivity index (χ1v) is 9.06. The molecule has 148 valence electrons. The molecule has 0 aliphatic carbocycles. The van der Waals surface area contributed by atoms with E-state index in [0.29, 0.717) is 29.4 Å². The summed E-state index contributed by atoms with van der Waals surface area (Å²) in [5, 5.41) is 8.95. The lowest BCUT2D eigenvalue weighted by atomic mass is 10.1. The maximum Gasteiger partial charge on any atom is 0.255 e. The smallest absolute Gasteiger partial charge is 0.255 e. The number of para-hydroxylation sites is 2. The van der Waals surface area contributed by atoms with Crippen LogP contribution in [0.3, 0.4) is 0 Å². The standard InChI is InChI=1S/C21H23N7O/c22-14-26-21(27-17-9-11-24-12-10-17)25-13-15-5-7-16(8-6-15)20(29)28-19-4-2-1-3-18(19)23/h1-12H,13-14,22-23H2,(H,28,29)(H2,24,25,26,27). The molecule has 0 bridgehead atoms. The lowest BCUT2D eigenvalue weighted by Crippen LogP contribution is -2.35. The first kappa shape index (κ1) is 19.8. The van der Waals surface area contributed by atoms with Gasteiger partial charge < -0.3 is 27.4 Å². The van der Waals surface area contributed by atoms with Crippen molar-refractivity contribution in [2.45, 2.75) is 6.54 Å². The highest BCUT2D eigenvalue weighted by Crippen LogP contribution is 2.18. The molecule has 1 heterocycles. The number of nitrogens with one attached hydrogen (secondary N) is 3. The molecule has 7 N–H and O–H groups in total. The predicted octanol–water partition coefficient (Wildman–Crippen LogP) is 2.39. The maximum absolute atomic E-state index is 12.4. The van der Waals surface area contributed by atoms with Crippen LogP contribution in [-0.2, 0) is 6.54 Å². The predicted molar refractivity (Wildman–Crippen MR) is 116 cm³/mol. The van der Waals surface area contributed by atoms with E-state index < -0.39 is 0 Å². The average molecular weight is 389 g/mol. The van der Waals surface area contributed by atoms with Crippen molar-refractivity contribution in [1.82, 2.24) is 10.3 Å². The van der Waals surface area contributed by atoms with E-state index in [1.165, 1.54) is 0 Å². The van der Waals surface area contributed by atoms with Gasteiger partial charge in [-0.05, 0) is 42.0 Å². The Labute approximate surface area is 169 Å². The Hall–Kier alpha value is -3.91. The van der Waals surface area contributed by atoms with E-state index in [2.05, 4.69) is 25.9 Å². The maximum atomic E-state index is 12.4. The zero-order valence-electron chi connectivity index (χ0n) is 15.8. The van der Waals surface area contributed by atoms with Gasteiger partial charge in [-0.15, -0.1) is 0 Å². The molecule has 8 heteroatoms. The molecular formula is C21H23N7O. The van der Waals surface area contributed by atoms with Gasteiger partial charge in [0.25, 0.3) is 5.91 Å². The topological polar surface area (TPSA) is 130 Å². The number of carbonyl (C=O) groups excluding carboxylic acids is 1.